The Balaban J connectivity index is 2.39. The van der Waals surface area contributed by atoms with Crippen LogP contribution in [-0.4, -0.2) is 55.9 Å². The summed E-state index contributed by atoms with van der Waals surface area (Å²) in [7, 11) is 3.67. The summed E-state index contributed by atoms with van der Waals surface area (Å²) in [5, 5.41) is 1.31. The second kappa shape index (κ2) is 8.09. The Bertz CT molecular complexity index is 633. The molecule has 1 saturated heterocycles. The van der Waals surface area contributed by atoms with Crippen LogP contribution in [0.1, 0.15) is 18.4 Å². The maximum atomic E-state index is 12.5. The first kappa shape index (κ1) is 18.9. The summed E-state index contributed by atoms with van der Waals surface area (Å²) in [6.45, 7) is 0.181. The van der Waals surface area contributed by atoms with Gasteiger partial charge in [-0.1, -0.05) is 30.3 Å². The minimum atomic E-state index is -1.48. The van der Waals surface area contributed by atoms with E-state index in [0.717, 1.165) is 5.56 Å². The van der Waals surface area contributed by atoms with E-state index >= 15 is 0 Å². The molecule has 0 bridgehead atoms. The van der Waals surface area contributed by atoms with Gasteiger partial charge in [0.2, 0.25) is 0 Å². The van der Waals surface area contributed by atoms with Crippen LogP contribution in [0.25, 0.3) is 0 Å². The average molecular weight is 351 g/mol. The van der Waals surface area contributed by atoms with Crippen LogP contribution in [0.5, 0.6) is 0 Å². The zero-order chi connectivity index (χ0) is 18.4. The number of benzene rings is 1. The average Bonchev–Trinajstić information content (AvgIpc) is 3.00. The molecule has 8 heteroatoms. The van der Waals surface area contributed by atoms with Gasteiger partial charge in [0.05, 0.1) is 34.3 Å². The summed E-state index contributed by atoms with van der Waals surface area (Å²) in [6.07, 6.45) is -1.40. The van der Waals surface area contributed by atoms with Gasteiger partial charge in [0.25, 0.3) is 0 Å². The molecule has 0 amide bonds. The lowest BCUT2D eigenvalue weighted by Crippen LogP contribution is -2.51. The fraction of sp³-hybridized carbons (Fsp3) is 0.471. The lowest BCUT2D eigenvalue weighted by Gasteiger charge is -2.32. The third kappa shape index (κ3) is 3.97. The Kier molecular flexibility index (Phi) is 6.11. The van der Waals surface area contributed by atoms with Crippen molar-refractivity contribution in [2.45, 2.75) is 31.0 Å². The van der Waals surface area contributed by atoms with Gasteiger partial charge in [-0.3, -0.25) is 9.63 Å². The molecule has 1 fully saturated rings. The molecule has 0 aromatic heterocycles. The maximum Gasteiger partial charge on any atom is 0.337 e. The van der Waals surface area contributed by atoms with Crippen LogP contribution in [0.4, 0.5) is 0 Å². The highest BCUT2D eigenvalue weighted by molar-refractivity contribution is 5.88. The van der Waals surface area contributed by atoms with Crippen molar-refractivity contribution in [2.75, 3.05) is 21.3 Å². The van der Waals surface area contributed by atoms with E-state index in [1.165, 1.54) is 26.4 Å². The third-order valence-corrected chi connectivity index (χ3v) is 4.12. The van der Waals surface area contributed by atoms with Gasteiger partial charge in [-0.25, -0.2) is 9.59 Å². The van der Waals surface area contributed by atoms with Crippen LogP contribution in [0.15, 0.2) is 30.3 Å². The lowest BCUT2D eigenvalue weighted by atomic mass is 9.88. The number of ether oxygens (including phenoxy) is 3. The van der Waals surface area contributed by atoms with Gasteiger partial charge in [-0.15, -0.1) is 0 Å². The van der Waals surface area contributed by atoms with E-state index in [-0.39, 0.29) is 19.4 Å². The summed E-state index contributed by atoms with van der Waals surface area (Å²) >= 11 is 0. The molecular weight excluding hydrogens is 330 g/mol. The number of methoxy groups -OCH3 is 3. The van der Waals surface area contributed by atoms with Crippen molar-refractivity contribution in [1.82, 2.24) is 5.06 Å². The van der Waals surface area contributed by atoms with Crippen LogP contribution >= 0.6 is 0 Å². The van der Waals surface area contributed by atoms with Crippen LogP contribution < -0.4 is 0 Å². The minimum absolute atomic E-state index is 0.0751. The van der Waals surface area contributed by atoms with Gasteiger partial charge in [-0.05, 0) is 5.56 Å². The molecule has 0 radical (unpaired) electrons. The van der Waals surface area contributed by atoms with Crippen molar-refractivity contribution >= 4 is 17.9 Å². The first-order chi connectivity index (χ1) is 12.0. The van der Waals surface area contributed by atoms with Crippen molar-refractivity contribution in [2.24, 2.45) is 0 Å². The second-order valence-electron chi connectivity index (χ2n) is 5.62. The van der Waals surface area contributed by atoms with E-state index in [1.54, 1.807) is 0 Å². The standard InChI is InChI=1S/C17H21NO7/c1-22-14(19)10-17(16(21)24-3)9-13(15(20)23-2)25-18(17)11-12-7-5-4-6-8-12/h4-8,13H,9-11H2,1-3H3/t13-,17+/m1/s1. The highest BCUT2D eigenvalue weighted by Gasteiger charge is 2.57. The SMILES string of the molecule is COC(=O)C[C@]1(C(=O)OC)C[C@H](C(=O)OC)ON1Cc1ccccc1. The van der Waals surface area contributed by atoms with Gasteiger partial charge < -0.3 is 14.2 Å². The van der Waals surface area contributed by atoms with Gasteiger partial charge in [0.15, 0.2) is 11.6 Å². The second-order valence-corrected chi connectivity index (χ2v) is 5.62. The van der Waals surface area contributed by atoms with Gasteiger partial charge in [0, 0.05) is 6.42 Å². The molecule has 0 N–H and O–H groups in total. The molecular formula is C17H21NO7. The molecule has 1 aromatic rings. The summed E-state index contributed by atoms with van der Waals surface area (Å²) < 4.78 is 14.3. The number of hydroxylamine groups is 2. The Labute approximate surface area is 145 Å². The Morgan fingerprint density at radius 2 is 1.80 bits per heavy atom. The molecule has 1 aliphatic rings. The molecule has 1 aromatic carbocycles. The summed E-state index contributed by atoms with van der Waals surface area (Å²) in [5.41, 5.74) is -0.637. The molecule has 8 nitrogen and oxygen atoms in total. The molecule has 0 spiro atoms. The first-order valence-electron chi connectivity index (χ1n) is 7.68. The third-order valence-electron chi connectivity index (χ3n) is 4.12. The molecule has 1 aliphatic heterocycles. The molecule has 2 rings (SSSR count). The number of carbonyl (C=O) groups is 3. The summed E-state index contributed by atoms with van der Waals surface area (Å²) in [6, 6.07) is 9.21. The van der Waals surface area contributed by atoms with Crippen molar-refractivity contribution < 1.29 is 33.4 Å². The van der Waals surface area contributed by atoms with E-state index in [4.69, 9.17) is 19.0 Å². The minimum Gasteiger partial charge on any atom is -0.469 e. The van der Waals surface area contributed by atoms with Crippen LogP contribution in [0, 0.1) is 0 Å². The van der Waals surface area contributed by atoms with E-state index < -0.39 is 29.6 Å². The molecule has 0 unspecified atom stereocenters. The van der Waals surface area contributed by atoms with Gasteiger partial charge in [0.1, 0.15) is 0 Å². The number of hydrogen-bond donors (Lipinski definition) is 0. The van der Waals surface area contributed by atoms with Crippen molar-refractivity contribution in [3.8, 4) is 0 Å². The zero-order valence-corrected chi connectivity index (χ0v) is 14.4. The smallest absolute Gasteiger partial charge is 0.337 e. The van der Waals surface area contributed by atoms with E-state index in [0.29, 0.717) is 0 Å². The normalized spacial score (nSPS) is 23.1. The molecule has 136 valence electrons. The lowest BCUT2D eigenvalue weighted by molar-refractivity contribution is -0.216. The molecule has 0 saturated carbocycles. The number of esters is 3. The number of carbonyl (C=O) groups excluding carboxylic acids is 3. The Morgan fingerprint density at radius 3 is 2.36 bits per heavy atom. The Hall–Kier alpha value is -2.45. The van der Waals surface area contributed by atoms with Crippen molar-refractivity contribution in [1.29, 1.82) is 0 Å². The van der Waals surface area contributed by atoms with Crippen LogP contribution in [0.2, 0.25) is 0 Å². The maximum absolute atomic E-state index is 12.5. The predicted octanol–water partition coefficient (Wildman–Crippen LogP) is 0.840. The number of hydrogen-bond acceptors (Lipinski definition) is 8. The van der Waals surface area contributed by atoms with E-state index in [1.807, 2.05) is 30.3 Å². The molecule has 0 aliphatic carbocycles. The summed E-state index contributed by atoms with van der Waals surface area (Å²) in [4.78, 5) is 42.0. The van der Waals surface area contributed by atoms with Gasteiger partial charge >= 0.3 is 17.9 Å². The van der Waals surface area contributed by atoms with Crippen molar-refractivity contribution in [3.05, 3.63) is 35.9 Å². The van der Waals surface area contributed by atoms with Crippen molar-refractivity contribution in [3.63, 3.8) is 0 Å². The highest BCUT2D eigenvalue weighted by Crippen LogP contribution is 2.38. The molecule has 2 atom stereocenters. The highest BCUT2D eigenvalue weighted by atomic mass is 16.7. The molecule has 1 heterocycles. The zero-order valence-electron chi connectivity index (χ0n) is 14.4. The largest absolute Gasteiger partial charge is 0.469 e. The first-order valence-corrected chi connectivity index (χ1v) is 7.68. The van der Waals surface area contributed by atoms with E-state index in [2.05, 4.69) is 0 Å². The summed E-state index contributed by atoms with van der Waals surface area (Å²) in [5.74, 6) is -1.92. The fourth-order valence-electron chi connectivity index (χ4n) is 2.81. The monoisotopic (exact) mass is 351 g/mol. The topological polar surface area (TPSA) is 91.4 Å². The molecule has 25 heavy (non-hydrogen) atoms. The van der Waals surface area contributed by atoms with Crippen LogP contribution in [0.3, 0.4) is 0 Å². The fourth-order valence-corrected chi connectivity index (χ4v) is 2.81. The Morgan fingerprint density at radius 1 is 1.12 bits per heavy atom. The van der Waals surface area contributed by atoms with E-state index in [9.17, 15) is 14.4 Å². The van der Waals surface area contributed by atoms with Crippen LogP contribution in [-0.2, 0) is 40.0 Å². The van der Waals surface area contributed by atoms with Gasteiger partial charge in [-0.2, -0.15) is 5.06 Å². The number of rotatable bonds is 6. The predicted molar refractivity (Wildman–Crippen MR) is 84.9 cm³/mol. The quantitative estimate of drug-likeness (QED) is 0.550. The number of nitrogens with zero attached hydrogens (tertiary/aromatic N) is 1.